The van der Waals surface area contributed by atoms with Crippen LogP contribution >= 0.6 is 0 Å². The highest BCUT2D eigenvalue weighted by Gasteiger charge is 2.14. The number of nitrogens with zero attached hydrogens (tertiary/aromatic N) is 3. The summed E-state index contributed by atoms with van der Waals surface area (Å²) in [7, 11) is 1.61. The Hall–Kier alpha value is -2.71. The Balaban J connectivity index is 1.79. The molecule has 2 amide bonds. The van der Waals surface area contributed by atoms with Crippen molar-refractivity contribution in [3.05, 3.63) is 47.8 Å². The van der Waals surface area contributed by atoms with E-state index in [1.54, 1.807) is 18.0 Å². The van der Waals surface area contributed by atoms with Gasteiger partial charge in [-0.15, -0.1) is 0 Å². The Morgan fingerprint density at radius 2 is 1.79 bits per heavy atom. The zero-order chi connectivity index (χ0) is 20.4. The van der Waals surface area contributed by atoms with Gasteiger partial charge in [0.15, 0.2) is 0 Å². The molecule has 8 nitrogen and oxygen atoms in total. The smallest absolute Gasteiger partial charge is 0.313 e. The predicted molar refractivity (Wildman–Crippen MR) is 108 cm³/mol. The molecule has 1 heterocycles. The molecule has 0 unspecified atom stereocenters. The Kier molecular flexibility index (Phi) is 8.64. The lowest BCUT2D eigenvalue weighted by molar-refractivity contribution is -0.136. The summed E-state index contributed by atoms with van der Waals surface area (Å²) in [6.45, 7) is 8.59. The molecule has 0 aliphatic rings. The summed E-state index contributed by atoms with van der Waals surface area (Å²) in [5, 5.41) is 9.26. The lowest BCUT2D eigenvalue weighted by Crippen LogP contribution is -2.34. The first-order chi connectivity index (χ1) is 13.5. The van der Waals surface area contributed by atoms with E-state index in [2.05, 4.69) is 34.5 Å². The first-order valence-corrected chi connectivity index (χ1v) is 9.46. The molecule has 0 bridgehead atoms. The van der Waals surface area contributed by atoms with Crippen LogP contribution in [0.15, 0.2) is 36.7 Å². The second-order valence-electron chi connectivity index (χ2n) is 6.40. The van der Waals surface area contributed by atoms with Gasteiger partial charge in [0, 0.05) is 26.4 Å². The molecule has 0 atom stereocenters. The molecule has 0 saturated carbocycles. The van der Waals surface area contributed by atoms with E-state index in [1.165, 1.54) is 11.8 Å². The van der Waals surface area contributed by atoms with Gasteiger partial charge in [-0.25, -0.2) is 0 Å². The number of benzene rings is 1. The quantitative estimate of drug-likeness (QED) is 0.605. The predicted octanol–water partition coefficient (Wildman–Crippen LogP) is 1.63. The third-order valence-corrected chi connectivity index (χ3v) is 4.40. The number of rotatable bonds is 10. The van der Waals surface area contributed by atoms with Crippen LogP contribution in [0.4, 0.5) is 5.69 Å². The number of hydrogen-bond donors (Lipinski definition) is 2. The fraction of sp³-hybridized carbons (Fsp3) is 0.450. The van der Waals surface area contributed by atoms with Crippen LogP contribution in [0.1, 0.15) is 25.0 Å². The van der Waals surface area contributed by atoms with Crippen molar-refractivity contribution in [2.45, 2.75) is 33.5 Å². The Morgan fingerprint density at radius 3 is 2.43 bits per heavy atom. The third-order valence-electron chi connectivity index (χ3n) is 4.40. The molecular weight excluding hydrogens is 358 g/mol. The van der Waals surface area contributed by atoms with Crippen molar-refractivity contribution < 1.29 is 14.3 Å². The molecule has 1 aromatic heterocycles. The summed E-state index contributed by atoms with van der Waals surface area (Å²) in [5.74, 6) is -1.40. The van der Waals surface area contributed by atoms with E-state index < -0.39 is 11.8 Å². The minimum atomic E-state index is -0.718. The van der Waals surface area contributed by atoms with Crippen LogP contribution in [-0.2, 0) is 34.0 Å². The molecule has 8 heteroatoms. The maximum atomic E-state index is 12.0. The first kappa shape index (κ1) is 21.6. The van der Waals surface area contributed by atoms with E-state index in [9.17, 15) is 9.59 Å². The van der Waals surface area contributed by atoms with E-state index in [0.717, 1.165) is 25.2 Å². The van der Waals surface area contributed by atoms with E-state index in [0.29, 0.717) is 25.4 Å². The van der Waals surface area contributed by atoms with Crippen LogP contribution in [0.3, 0.4) is 0 Å². The van der Waals surface area contributed by atoms with Crippen LogP contribution in [0.5, 0.6) is 0 Å². The maximum Gasteiger partial charge on any atom is 0.313 e. The van der Waals surface area contributed by atoms with Gasteiger partial charge >= 0.3 is 11.8 Å². The molecular formula is C20H29N5O3. The topological polar surface area (TPSA) is 88.5 Å². The van der Waals surface area contributed by atoms with E-state index in [-0.39, 0.29) is 0 Å². The van der Waals surface area contributed by atoms with Gasteiger partial charge in [-0.2, -0.15) is 5.10 Å². The number of ether oxygens (including phenoxy) is 1. The summed E-state index contributed by atoms with van der Waals surface area (Å²) < 4.78 is 6.61. The largest absolute Gasteiger partial charge is 0.383 e. The number of amides is 2. The van der Waals surface area contributed by atoms with Gasteiger partial charge in [0.05, 0.1) is 25.0 Å². The van der Waals surface area contributed by atoms with Gasteiger partial charge in [0.2, 0.25) is 0 Å². The number of anilines is 1. The van der Waals surface area contributed by atoms with Gasteiger partial charge in [0.1, 0.15) is 0 Å². The Bertz CT molecular complexity index is 753. The van der Waals surface area contributed by atoms with Crippen molar-refractivity contribution in [2.75, 3.05) is 32.1 Å². The average Bonchev–Trinajstić information content (AvgIpc) is 3.16. The second kappa shape index (κ2) is 11.2. The lowest BCUT2D eigenvalue weighted by atomic mass is 10.1. The SMILES string of the molecule is CCN(CC)Cc1ccc(CNC(=O)C(=O)Nc2cnn(CCOC)c2)cc1. The van der Waals surface area contributed by atoms with Crippen molar-refractivity contribution in [1.82, 2.24) is 20.0 Å². The van der Waals surface area contributed by atoms with Crippen molar-refractivity contribution in [1.29, 1.82) is 0 Å². The van der Waals surface area contributed by atoms with Crippen molar-refractivity contribution in [3.63, 3.8) is 0 Å². The minimum absolute atomic E-state index is 0.297. The number of carbonyl (C=O) groups excluding carboxylic acids is 2. The van der Waals surface area contributed by atoms with Crippen molar-refractivity contribution in [2.24, 2.45) is 0 Å². The molecule has 152 valence electrons. The number of hydrogen-bond acceptors (Lipinski definition) is 5. The number of carbonyl (C=O) groups is 2. The van der Waals surface area contributed by atoms with Gasteiger partial charge in [-0.1, -0.05) is 38.1 Å². The molecule has 2 N–H and O–H groups in total. The van der Waals surface area contributed by atoms with Gasteiger partial charge in [-0.05, 0) is 24.2 Å². The van der Waals surface area contributed by atoms with Crippen molar-refractivity contribution >= 4 is 17.5 Å². The fourth-order valence-electron chi connectivity index (χ4n) is 2.65. The zero-order valence-corrected chi connectivity index (χ0v) is 16.8. The molecule has 2 rings (SSSR count). The molecule has 0 aliphatic carbocycles. The van der Waals surface area contributed by atoms with Crippen LogP contribution < -0.4 is 10.6 Å². The van der Waals surface area contributed by atoms with Crippen LogP contribution in [0, 0.1) is 0 Å². The van der Waals surface area contributed by atoms with Gasteiger partial charge < -0.3 is 15.4 Å². The number of aromatic nitrogens is 2. The molecule has 0 spiro atoms. The Labute approximate surface area is 165 Å². The molecule has 0 saturated heterocycles. The number of methoxy groups -OCH3 is 1. The summed E-state index contributed by atoms with van der Waals surface area (Å²) in [5.41, 5.74) is 2.64. The molecule has 2 aromatic rings. The molecule has 1 aromatic carbocycles. The summed E-state index contributed by atoms with van der Waals surface area (Å²) >= 11 is 0. The maximum absolute atomic E-state index is 12.0. The molecule has 0 aliphatic heterocycles. The third kappa shape index (κ3) is 6.79. The average molecular weight is 387 g/mol. The van der Waals surface area contributed by atoms with Crippen LogP contribution in [0.2, 0.25) is 0 Å². The first-order valence-electron chi connectivity index (χ1n) is 9.46. The van der Waals surface area contributed by atoms with Gasteiger partial charge in [0.25, 0.3) is 0 Å². The Morgan fingerprint density at radius 1 is 1.11 bits per heavy atom. The summed E-state index contributed by atoms with van der Waals surface area (Å²) in [6, 6.07) is 8.04. The highest BCUT2D eigenvalue weighted by atomic mass is 16.5. The second-order valence-corrected chi connectivity index (χ2v) is 6.40. The fourth-order valence-corrected chi connectivity index (χ4v) is 2.65. The van der Waals surface area contributed by atoms with Crippen molar-refractivity contribution in [3.8, 4) is 0 Å². The number of nitrogens with one attached hydrogen (secondary N) is 2. The van der Waals surface area contributed by atoms with E-state index >= 15 is 0 Å². The zero-order valence-electron chi connectivity index (χ0n) is 16.8. The standard InChI is InChI=1S/C20H29N5O3/c1-4-24(5-2)14-17-8-6-16(7-9-17)12-21-19(26)20(27)23-18-13-22-25(15-18)10-11-28-3/h6-9,13,15H,4-5,10-12,14H2,1-3H3,(H,21,26)(H,23,27). The monoisotopic (exact) mass is 387 g/mol. The van der Waals surface area contributed by atoms with Crippen LogP contribution in [0.25, 0.3) is 0 Å². The normalized spacial score (nSPS) is 10.9. The molecule has 28 heavy (non-hydrogen) atoms. The van der Waals surface area contributed by atoms with Gasteiger partial charge in [-0.3, -0.25) is 19.2 Å². The molecule has 0 fully saturated rings. The minimum Gasteiger partial charge on any atom is -0.383 e. The highest BCUT2D eigenvalue weighted by molar-refractivity contribution is 6.39. The summed E-state index contributed by atoms with van der Waals surface area (Å²) in [6.07, 6.45) is 3.15. The summed E-state index contributed by atoms with van der Waals surface area (Å²) in [4.78, 5) is 26.4. The highest BCUT2D eigenvalue weighted by Crippen LogP contribution is 2.08. The molecule has 0 radical (unpaired) electrons. The lowest BCUT2D eigenvalue weighted by Gasteiger charge is -2.18. The van der Waals surface area contributed by atoms with E-state index in [1.807, 2.05) is 24.3 Å². The van der Waals surface area contributed by atoms with E-state index in [4.69, 9.17) is 4.74 Å². The van der Waals surface area contributed by atoms with Crippen LogP contribution in [-0.4, -0.2) is 53.3 Å².